The smallest absolute Gasteiger partial charge is 0.0582 e. The summed E-state index contributed by atoms with van der Waals surface area (Å²) in [6, 6.07) is 0. The first-order valence-electron chi connectivity index (χ1n) is 10.8. The van der Waals surface area contributed by atoms with Crippen LogP contribution in [-0.2, 0) is 4.74 Å². The van der Waals surface area contributed by atoms with E-state index in [1.54, 1.807) is 0 Å². The highest BCUT2D eigenvalue weighted by Gasteiger charge is 2.47. The molecule has 0 radical (unpaired) electrons. The third-order valence-corrected chi connectivity index (χ3v) is 7.94. The Labute approximate surface area is 149 Å². The lowest BCUT2D eigenvalue weighted by atomic mass is 9.69. The standard InChI is InChI=1S/C22H39NO/c1-15(18-11-19-7-8-20(12-18)24-19)9-10-23-13-16-5-6-17(14-23)21(16)22(2,3)4/h15-21H,5-14H2,1-4H3. The molecule has 4 rings (SSSR count). The molecule has 2 heteroatoms. The van der Waals surface area contributed by atoms with E-state index in [4.69, 9.17) is 4.74 Å². The molecule has 5 unspecified atom stereocenters. The van der Waals surface area contributed by atoms with E-state index in [-0.39, 0.29) is 0 Å². The summed E-state index contributed by atoms with van der Waals surface area (Å²) in [5, 5.41) is 0. The predicted molar refractivity (Wildman–Crippen MR) is 100.0 cm³/mol. The van der Waals surface area contributed by atoms with E-state index in [1.807, 2.05) is 0 Å². The maximum Gasteiger partial charge on any atom is 0.0582 e. The van der Waals surface area contributed by atoms with Crippen molar-refractivity contribution in [1.82, 2.24) is 4.90 Å². The van der Waals surface area contributed by atoms with Crippen LogP contribution in [0.2, 0.25) is 0 Å². The Morgan fingerprint density at radius 2 is 1.54 bits per heavy atom. The number of likely N-dealkylation sites (tertiary alicyclic amines) is 1. The zero-order valence-electron chi connectivity index (χ0n) is 16.5. The van der Waals surface area contributed by atoms with Gasteiger partial charge in [-0.15, -0.1) is 0 Å². The molecule has 0 aromatic carbocycles. The summed E-state index contributed by atoms with van der Waals surface area (Å²) in [6.45, 7) is 14.0. The van der Waals surface area contributed by atoms with E-state index in [0.717, 1.165) is 29.6 Å². The molecule has 5 atom stereocenters. The molecule has 4 bridgehead atoms. The predicted octanol–water partition coefficient (Wildman–Crippen LogP) is 4.97. The first-order chi connectivity index (χ1) is 11.4. The Kier molecular flexibility index (Phi) is 4.75. The Hall–Kier alpha value is -0.0800. The van der Waals surface area contributed by atoms with Gasteiger partial charge in [-0.3, -0.25) is 0 Å². The second-order valence-corrected chi connectivity index (χ2v) is 10.7. The first-order valence-corrected chi connectivity index (χ1v) is 10.8. The van der Waals surface area contributed by atoms with Crippen LogP contribution in [0.15, 0.2) is 0 Å². The number of hydrogen-bond donors (Lipinski definition) is 0. The van der Waals surface area contributed by atoms with Gasteiger partial charge in [0.25, 0.3) is 0 Å². The molecule has 24 heavy (non-hydrogen) atoms. The largest absolute Gasteiger partial charge is 0.375 e. The van der Waals surface area contributed by atoms with Crippen molar-refractivity contribution < 1.29 is 4.74 Å². The van der Waals surface area contributed by atoms with Gasteiger partial charge in [0.05, 0.1) is 12.2 Å². The minimum atomic E-state index is 0.507. The maximum absolute atomic E-state index is 6.04. The summed E-state index contributed by atoms with van der Waals surface area (Å²) >= 11 is 0. The van der Waals surface area contributed by atoms with Gasteiger partial charge >= 0.3 is 0 Å². The molecule has 1 aliphatic carbocycles. The van der Waals surface area contributed by atoms with Gasteiger partial charge in [0.2, 0.25) is 0 Å². The molecular weight excluding hydrogens is 294 g/mol. The summed E-state index contributed by atoms with van der Waals surface area (Å²) in [5.41, 5.74) is 0.507. The van der Waals surface area contributed by atoms with Crippen LogP contribution in [0.5, 0.6) is 0 Å². The zero-order valence-corrected chi connectivity index (χ0v) is 16.5. The summed E-state index contributed by atoms with van der Waals surface area (Å²) in [7, 11) is 0. The summed E-state index contributed by atoms with van der Waals surface area (Å²) in [6.07, 6.45) is 10.9. The highest BCUT2D eigenvalue weighted by Crippen LogP contribution is 2.50. The van der Waals surface area contributed by atoms with Crippen LogP contribution in [0.25, 0.3) is 0 Å². The van der Waals surface area contributed by atoms with Crippen molar-refractivity contribution in [2.75, 3.05) is 19.6 Å². The van der Waals surface area contributed by atoms with Crippen molar-refractivity contribution in [1.29, 1.82) is 0 Å². The quantitative estimate of drug-likeness (QED) is 0.720. The summed E-state index contributed by atoms with van der Waals surface area (Å²) in [4.78, 5) is 2.83. The molecule has 0 aromatic heterocycles. The van der Waals surface area contributed by atoms with Crippen molar-refractivity contribution in [3.63, 3.8) is 0 Å². The van der Waals surface area contributed by atoms with Gasteiger partial charge in [-0.1, -0.05) is 27.7 Å². The normalized spacial score (nSPS) is 44.0. The lowest BCUT2D eigenvalue weighted by Gasteiger charge is -2.45. The molecule has 0 aromatic rings. The van der Waals surface area contributed by atoms with Crippen molar-refractivity contribution in [2.45, 2.75) is 84.8 Å². The molecule has 2 nitrogen and oxygen atoms in total. The van der Waals surface area contributed by atoms with Gasteiger partial charge in [0, 0.05) is 13.1 Å². The second kappa shape index (κ2) is 6.58. The Morgan fingerprint density at radius 3 is 2.08 bits per heavy atom. The summed E-state index contributed by atoms with van der Waals surface area (Å²) < 4.78 is 6.04. The Balaban J connectivity index is 1.27. The Morgan fingerprint density at radius 1 is 0.958 bits per heavy atom. The van der Waals surface area contributed by atoms with E-state index in [0.29, 0.717) is 17.6 Å². The average Bonchev–Trinajstić information content (AvgIpc) is 3.01. The lowest BCUT2D eigenvalue weighted by Crippen LogP contribution is -2.46. The third-order valence-electron chi connectivity index (χ3n) is 7.94. The van der Waals surface area contributed by atoms with Gasteiger partial charge in [0.15, 0.2) is 0 Å². The molecule has 0 amide bonds. The van der Waals surface area contributed by atoms with Gasteiger partial charge in [-0.25, -0.2) is 0 Å². The van der Waals surface area contributed by atoms with Crippen molar-refractivity contribution in [2.24, 2.45) is 35.0 Å². The van der Waals surface area contributed by atoms with Crippen molar-refractivity contribution in [3.05, 3.63) is 0 Å². The number of nitrogens with zero attached hydrogens (tertiary/aromatic N) is 1. The van der Waals surface area contributed by atoms with Gasteiger partial charge in [0.1, 0.15) is 0 Å². The summed E-state index contributed by atoms with van der Waals surface area (Å²) in [5.74, 6) is 4.73. The fourth-order valence-electron chi connectivity index (χ4n) is 6.90. The van der Waals surface area contributed by atoms with Crippen LogP contribution in [0.3, 0.4) is 0 Å². The molecule has 4 aliphatic rings. The Bertz CT molecular complexity index is 416. The maximum atomic E-state index is 6.04. The van der Waals surface area contributed by atoms with E-state index in [1.165, 1.54) is 64.6 Å². The van der Waals surface area contributed by atoms with Crippen LogP contribution < -0.4 is 0 Å². The van der Waals surface area contributed by atoms with Crippen LogP contribution in [0.4, 0.5) is 0 Å². The van der Waals surface area contributed by atoms with Gasteiger partial charge in [-0.2, -0.15) is 0 Å². The van der Waals surface area contributed by atoms with Crippen LogP contribution >= 0.6 is 0 Å². The molecule has 4 fully saturated rings. The van der Waals surface area contributed by atoms with E-state index < -0.39 is 0 Å². The number of rotatable bonds is 4. The van der Waals surface area contributed by atoms with Crippen LogP contribution in [0, 0.1) is 35.0 Å². The lowest BCUT2D eigenvalue weighted by molar-refractivity contribution is -0.0333. The highest BCUT2D eigenvalue weighted by atomic mass is 16.5. The van der Waals surface area contributed by atoms with Crippen LogP contribution in [-0.4, -0.2) is 36.7 Å². The van der Waals surface area contributed by atoms with Gasteiger partial charge < -0.3 is 9.64 Å². The van der Waals surface area contributed by atoms with E-state index in [9.17, 15) is 0 Å². The number of ether oxygens (including phenoxy) is 1. The minimum Gasteiger partial charge on any atom is -0.375 e. The van der Waals surface area contributed by atoms with E-state index >= 15 is 0 Å². The minimum absolute atomic E-state index is 0.507. The topological polar surface area (TPSA) is 12.5 Å². The molecule has 3 saturated heterocycles. The molecular formula is C22H39NO. The van der Waals surface area contributed by atoms with Gasteiger partial charge in [-0.05, 0) is 86.5 Å². The highest BCUT2D eigenvalue weighted by molar-refractivity contribution is 4.97. The second-order valence-electron chi connectivity index (χ2n) is 10.7. The third kappa shape index (κ3) is 3.43. The zero-order chi connectivity index (χ0) is 16.9. The molecule has 1 saturated carbocycles. The average molecular weight is 334 g/mol. The molecule has 0 N–H and O–H groups in total. The van der Waals surface area contributed by atoms with E-state index in [2.05, 4.69) is 32.6 Å². The fraction of sp³-hybridized carbons (Fsp3) is 1.00. The monoisotopic (exact) mass is 333 g/mol. The first kappa shape index (κ1) is 17.3. The molecule has 138 valence electrons. The molecule has 3 heterocycles. The molecule has 3 aliphatic heterocycles. The van der Waals surface area contributed by atoms with Crippen molar-refractivity contribution >= 4 is 0 Å². The SMILES string of the molecule is CC(CCN1CC2CCC(C1)C2C(C)(C)C)C1CC2CCC(C1)O2. The fourth-order valence-corrected chi connectivity index (χ4v) is 6.90. The number of piperidine rings is 1. The van der Waals surface area contributed by atoms with Crippen LogP contribution in [0.1, 0.15) is 72.6 Å². The molecule has 0 spiro atoms. The van der Waals surface area contributed by atoms with Crippen molar-refractivity contribution in [3.8, 4) is 0 Å². The number of fused-ring (bicyclic) bond motifs is 4. The number of hydrogen-bond acceptors (Lipinski definition) is 2.